The van der Waals surface area contributed by atoms with Crippen LogP contribution in [0.1, 0.15) is 11.1 Å². The Balaban J connectivity index is 1.65. The molecule has 0 radical (unpaired) electrons. The first-order valence-electron chi connectivity index (χ1n) is 10.7. The lowest BCUT2D eigenvalue weighted by atomic mass is 10.1. The molecule has 160 valence electrons. The molecule has 0 aliphatic rings. The molecule has 0 unspecified atom stereocenters. The van der Waals surface area contributed by atoms with E-state index >= 15 is 0 Å². The predicted octanol–water partition coefficient (Wildman–Crippen LogP) is 6.63. The van der Waals surface area contributed by atoms with Gasteiger partial charge in [-0.1, -0.05) is 78.9 Å². The lowest BCUT2D eigenvalue weighted by Crippen LogP contribution is -2.07. The average Bonchev–Trinajstić information content (AvgIpc) is 3.18. The molecule has 0 atom stereocenters. The Morgan fingerprint density at radius 3 is 2.00 bits per heavy atom. The van der Waals surface area contributed by atoms with Gasteiger partial charge in [-0.15, -0.1) is 12.6 Å². The number of fused-ring (bicyclic) bond motifs is 3. The molecule has 33 heavy (non-hydrogen) atoms. The average molecular weight is 447 g/mol. The molecular weight excluding hydrogens is 424 g/mol. The molecule has 0 saturated heterocycles. The van der Waals surface area contributed by atoms with Gasteiger partial charge in [0.15, 0.2) is 11.7 Å². The van der Waals surface area contributed by atoms with Crippen LogP contribution in [-0.2, 0) is 6.67 Å². The zero-order valence-electron chi connectivity index (χ0n) is 18.0. The normalized spacial score (nSPS) is 12.4. The van der Waals surface area contributed by atoms with E-state index in [0.29, 0.717) is 18.3 Å². The zero-order chi connectivity index (χ0) is 22.6. The van der Waals surface area contributed by atoms with E-state index in [-0.39, 0.29) is 0 Å². The van der Waals surface area contributed by atoms with Crippen LogP contribution in [0.5, 0.6) is 0 Å². The molecule has 4 nitrogen and oxygen atoms in total. The van der Waals surface area contributed by atoms with Crippen molar-refractivity contribution >= 4 is 52.8 Å². The highest BCUT2D eigenvalue weighted by Crippen LogP contribution is 2.30. The largest absolute Gasteiger partial charge is 0.320 e. The number of para-hydroxylation sites is 1. The van der Waals surface area contributed by atoms with Crippen molar-refractivity contribution in [3.8, 4) is 0 Å². The minimum Gasteiger partial charge on any atom is -0.320 e. The van der Waals surface area contributed by atoms with E-state index in [1.807, 2.05) is 66.7 Å². The van der Waals surface area contributed by atoms with Crippen LogP contribution in [0.3, 0.4) is 0 Å². The second kappa shape index (κ2) is 9.27. The first kappa shape index (κ1) is 20.9. The monoisotopic (exact) mass is 446 g/mol. The van der Waals surface area contributed by atoms with Gasteiger partial charge in [0, 0.05) is 26.8 Å². The van der Waals surface area contributed by atoms with Gasteiger partial charge in [-0.2, -0.15) is 0 Å². The molecule has 5 heteroatoms. The Hall–Kier alpha value is -3.96. The lowest BCUT2D eigenvalue weighted by molar-refractivity contribution is 0.791. The summed E-state index contributed by atoms with van der Waals surface area (Å²) in [5.74, 6) is 1.15. The lowest BCUT2D eigenvalue weighted by Gasteiger charge is -2.08. The van der Waals surface area contributed by atoms with Gasteiger partial charge in [-0.3, -0.25) is 0 Å². The van der Waals surface area contributed by atoms with Crippen LogP contribution in [0.2, 0.25) is 0 Å². The summed E-state index contributed by atoms with van der Waals surface area (Å²) in [5.41, 5.74) is 4.05. The van der Waals surface area contributed by atoms with Crippen molar-refractivity contribution < 1.29 is 0 Å². The maximum absolute atomic E-state index is 4.96. The minimum absolute atomic E-state index is 0.420. The van der Waals surface area contributed by atoms with E-state index in [9.17, 15) is 0 Å². The topological polar surface area (TPSA) is 42.0 Å². The van der Waals surface area contributed by atoms with Crippen molar-refractivity contribution in [3.63, 3.8) is 0 Å². The SMILES string of the molecule is C=NC(=N/C(=N\Cn1c2ccccc2c2cc(S)ccc21)c1ccccc1)c1ccccc1. The summed E-state index contributed by atoms with van der Waals surface area (Å²) in [6.07, 6.45) is 0. The summed E-state index contributed by atoms with van der Waals surface area (Å²) in [7, 11) is 0. The van der Waals surface area contributed by atoms with Gasteiger partial charge in [0.2, 0.25) is 0 Å². The summed E-state index contributed by atoms with van der Waals surface area (Å²) >= 11 is 4.54. The van der Waals surface area contributed by atoms with Gasteiger partial charge in [-0.25, -0.2) is 15.0 Å². The smallest absolute Gasteiger partial charge is 0.161 e. The molecule has 0 bridgehead atoms. The third-order valence-electron chi connectivity index (χ3n) is 5.54. The maximum Gasteiger partial charge on any atom is 0.161 e. The summed E-state index contributed by atoms with van der Waals surface area (Å²) in [5, 5.41) is 2.34. The Morgan fingerprint density at radius 2 is 1.30 bits per heavy atom. The van der Waals surface area contributed by atoms with E-state index in [4.69, 9.17) is 9.98 Å². The summed E-state index contributed by atoms with van der Waals surface area (Å²) < 4.78 is 2.21. The van der Waals surface area contributed by atoms with Crippen molar-refractivity contribution in [3.05, 3.63) is 114 Å². The van der Waals surface area contributed by atoms with Crippen LogP contribution in [0.4, 0.5) is 0 Å². The van der Waals surface area contributed by atoms with E-state index in [1.54, 1.807) is 0 Å². The summed E-state index contributed by atoms with van der Waals surface area (Å²) in [6, 6.07) is 34.4. The second-order valence-corrected chi connectivity index (χ2v) is 8.11. The number of aromatic nitrogens is 1. The second-order valence-electron chi connectivity index (χ2n) is 7.60. The van der Waals surface area contributed by atoms with Gasteiger partial charge in [-0.05, 0) is 31.0 Å². The summed E-state index contributed by atoms with van der Waals surface area (Å²) in [6.45, 7) is 4.16. The fraction of sp³-hybridized carbons (Fsp3) is 0.0357. The molecule has 0 aliphatic carbocycles. The minimum atomic E-state index is 0.420. The molecule has 0 saturated carbocycles. The van der Waals surface area contributed by atoms with E-state index in [1.165, 1.54) is 5.39 Å². The van der Waals surface area contributed by atoms with Crippen molar-refractivity contribution in [2.75, 3.05) is 0 Å². The van der Waals surface area contributed by atoms with Gasteiger partial charge in [0.1, 0.15) is 6.67 Å². The van der Waals surface area contributed by atoms with Crippen LogP contribution in [0.15, 0.2) is 123 Å². The molecular formula is C28H22N4S. The molecule has 0 N–H and O–H groups in total. The molecule has 0 spiro atoms. The summed E-state index contributed by atoms with van der Waals surface area (Å²) in [4.78, 5) is 14.9. The molecule has 0 fully saturated rings. The predicted molar refractivity (Wildman–Crippen MR) is 142 cm³/mol. The number of hydrogen-bond donors (Lipinski definition) is 1. The molecule has 5 aromatic rings. The Bertz CT molecular complexity index is 1500. The highest BCUT2D eigenvalue weighted by atomic mass is 32.1. The number of thiol groups is 1. The number of benzene rings is 4. The first-order valence-corrected chi connectivity index (χ1v) is 11.1. The molecule has 5 rings (SSSR count). The maximum atomic E-state index is 4.96. The number of aliphatic imine (C=N–C) groups is 3. The fourth-order valence-electron chi connectivity index (χ4n) is 3.99. The quantitative estimate of drug-likeness (QED) is 0.183. The third-order valence-corrected chi connectivity index (χ3v) is 5.82. The highest BCUT2D eigenvalue weighted by molar-refractivity contribution is 7.80. The standard InChI is InChI=1S/C28H22N4S/c1-29-27(20-10-4-2-5-11-20)31-28(21-12-6-3-7-13-21)30-19-32-25-15-9-8-14-23(25)24-18-22(33)16-17-26(24)32/h2-18,33H,1,19H2/b30-28-,31-27?. The van der Waals surface area contributed by atoms with Crippen molar-refractivity contribution in [1.29, 1.82) is 0 Å². The van der Waals surface area contributed by atoms with Gasteiger partial charge in [0.05, 0.1) is 11.0 Å². The Labute approximate surface area is 198 Å². The van der Waals surface area contributed by atoms with Crippen molar-refractivity contribution in [2.24, 2.45) is 15.0 Å². The Morgan fingerprint density at radius 1 is 0.697 bits per heavy atom. The van der Waals surface area contributed by atoms with Crippen LogP contribution < -0.4 is 0 Å². The number of hydrogen-bond acceptors (Lipinski definition) is 2. The van der Waals surface area contributed by atoms with Gasteiger partial charge >= 0.3 is 0 Å². The molecule has 0 aliphatic heterocycles. The van der Waals surface area contributed by atoms with Crippen molar-refractivity contribution in [2.45, 2.75) is 11.6 Å². The van der Waals surface area contributed by atoms with Crippen LogP contribution in [0.25, 0.3) is 21.8 Å². The van der Waals surface area contributed by atoms with E-state index < -0.39 is 0 Å². The van der Waals surface area contributed by atoms with Crippen LogP contribution in [0, 0.1) is 0 Å². The molecule has 1 heterocycles. The third kappa shape index (κ3) is 4.23. The van der Waals surface area contributed by atoms with Crippen molar-refractivity contribution in [1.82, 2.24) is 4.57 Å². The molecule has 1 aromatic heterocycles. The van der Waals surface area contributed by atoms with Gasteiger partial charge < -0.3 is 4.57 Å². The molecule has 0 amide bonds. The Kier molecular flexibility index (Phi) is 5.87. The fourth-order valence-corrected chi connectivity index (χ4v) is 4.19. The van der Waals surface area contributed by atoms with E-state index in [0.717, 1.165) is 32.4 Å². The highest BCUT2D eigenvalue weighted by Gasteiger charge is 2.11. The first-order chi connectivity index (χ1) is 16.2. The number of amidine groups is 2. The number of nitrogens with zero attached hydrogens (tertiary/aromatic N) is 4. The van der Waals surface area contributed by atoms with Crippen LogP contribution in [-0.4, -0.2) is 23.0 Å². The van der Waals surface area contributed by atoms with E-state index in [2.05, 4.69) is 65.3 Å². The number of rotatable bonds is 4. The molecule has 4 aromatic carbocycles. The van der Waals surface area contributed by atoms with Gasteiger partial charge in [0.25, 0.3) is 0 Å². The zero-order valence-corrected chi connectivity index (χ0v) is 18.9. The van der Waals surface area contributed by atoms with Crippen LogP contribution >= 0.6 is 12.6 Å².